The van der Waals surface area contributed by atoms with E-state index in [1.807, 2.05) is 32.0 Å². The maximum Gasteiger partial charge on any atom is 0.125 e. The van der Waals surface area contributed by atoms with Gasteiger partial charge in [0.1, 0.15) is 5.84 Å². The number of amidine groups is 1. The highest BCUT2D eigenvalue weighted by molar-refractivity contribution is 7.99. The first-order valence-corrected chi connectivity index (χ1v) is 6.30. The van der Waals surface area contributed by atoms with E-state index < -0.39 is 0 Å². The molecule has 0 unspecified atom stereocenters. The lowest BCUT2D eigenvalue weighted by atomic mass is 10.1. The van der Waals surface area contributed by atoms with Gasteiger partial charge in [0.25, 0.3) is 0 Å². The SMILES string of the molecule is Cc1cc(Sc2ccncc2)c(C(=N)N)c(C)n1. The van der Waals surface area contributed by atoms with Gasteiger partial charge in [0.05, 0.1) is 5.56 Å². The summed E-state index contributed by atoms with van der Waals surface area (Å²) in [4.78, 5) is 10.4. The summed E-state index contributed by atoms with van der Waals surface area (Å²) in [5.41, 5.74) is 8.06. The lowest BCUT2D eigenvalue weighted by Gasteiger charge is -2.11. The summed E-state index contributed by atoms with van der Waals surface area (Å²) in [7, 11) is 0. The van der Waals surface area contributed by atoms with Gasteiger partial charge in [-0.25, -0.2) is 0 Å². The Balaban J connectivity index is 2.46. The molecule has 2 heterocycles. The van der Waals surface area contributed by atoms with Crippen LogP contribution in [0.25, 0.3) is 0 Å². The molecule has 0 amide bonds. The Morgan fingerprint density at radius 1 is 1.28 bits per heavy atom. The zero-order chi connectivity index (χ0) is 13.1. The number of nitrogens with one attached hydrogen (secondary N) is 1. The van der Waals surface area contributed by atoms with Gasteiger partial charge in [0.2, 0.25) is 0 Å². The number of hydrogen-bond acceptors (Lipinski definition) is 4. The van der Waals surface area contributed by atoms with Crippen molar-refractivity contribution in [2.75, 3.05) is 0 Å². The summed E-state index contributed by atoms with van der Waals surface area (Å²) in [5.74, 6) is 0.0524. The molecule has 3 N–H and O–H groups in total. The highest BCUT2D eigenvalue weighted by atomic mass is 32.2. The van der Waals surface area contributed by atoms with Crippen LogP contribution in [0.4, 0.5) is 0 Å². The summed E-state index contributed by atoms with van der Waals surface area (Å²) in [6.45, 7) is 3.81. The molecule has 0 bridgehead atoms. The summed E-state index contributed by atoms with van der Waals surface area (Å²) in [5, 5.41) is 7.67. The second kappa shape index (κ2) is 5.18. The number of nitrogen functional groups attached to an aromatic ring is 1. The highest BCUT2D eigenvalue weighted by Gasteiger charge is 2.12. The number of aryl methyl sites for hydroxylation is 2. The van der Waals surface area contributed by atoms with E-state index in [0.717, 1.165) is 21.2 Å². The van der Waals surface area contributed by atoms with Crippen LogP contribution in [0.3, 0.4) is 0 Å². The quantitative estimate of drug-likeness (QED) is 0.655. The van der Waals surface area contributed by atoms with E-state index >= 15 is 0 Å². The third-order valence-electron chi connectivity index (χ3n) is 2.44. The van der Waals surface area contributed by atoms with Gasteiger partial charge in [0, 0.05) is 33.6 Å². The van der Waals surface area contributed by atoms with Crippen molar-refractivity contribution in [1.82, 2.24) is 9.97 Å². The molecular weight excluding hydrogens is 244 g/mol. The molecule has 0 aliphatic carbocycles. The van der Waals surface area contributed by atoms with Crippen LogP contribution in [0.15, 0.2) is 40.4 Å². The molecule has 2 aromatic rings. The molecular formula is C13H14N4S. The molecule has 0 aliphatic rings. The molecule has 5 heteroatoms. The molecule has 0 aliphatic heterocycles. The Kier molecular flexibility index (Phi) is 3.62. The molecule has 2 rings (SSSR count). The summed E-state index contributed by atoms with van der Waals surface area (Å²) in [6.07, 6.45) is 3.49. The highest BCUT2D eigenvalue weighted by Crippen LogP contribution is 2.31. The number of nitrogens with zero attached hydrogens (tertiary/aromatic N) is 2. The van der Waals surface area contributed by atoms with Gasteiger partial charge in [-0.15, -0.1) is 0 Å². The molecule has 0 saturated heterocycles. The first-order valence-electron chi connectivity index (χ1n) is 5.48. The average Bonchev–Trinajstić information content (AvgIpc) is 2.28. The lowest BCUT2D eigenvalue weighted by molar-refractivity contribution is 1.07. The van der Waals surface area contributed by atoms with Crippen molar-refractivity contribution in [2.45, 2.75) is 23.6 Å². The molecule has 0 saturated carbocycles. The van der Waals surface area contributed by atoms with E-state index in [1.54, 1.807) is 24.2 Å². The normalized spacial score (nSPS) is 10.3. The van der Waals surface area contributed by atoms with Gasteiger partial charge in [-0.1, -0.05) is 11.8 Å². The number of rotatable bonds is 3. The van der Waals surface area contributed by atoms with Crippen LogP contribution >= 0.6 is 11.8 Å². The van der Waals surface area contributed by atoms with E-state index in [0.29, 0.717) is 5.56 Å². The Morgan fingerprint density at radius 3 is 2.56 bits per heavy atom. The Labute approximate surface area is 110 Å². The van der Waals surface area contributed by atoms with Crippen molar-refractivity contribution in [3.05, 3.63) is 47.5 Å². The van der Waals surface area contributed by atoms with Gasteiger partial charge in [-0.3, -0.25) is 15.4 Å². The minimum Gasteiger partial charge on any atom is -0.384 e. The maximum absolute atomic E-state index is 7.67. The first-order chi connectivity index (χ1) is 8.58. The Hall–Kier alpha value is -1.88. The predicted molar refractivity (Wildman–Crippen MR) is 73.1 cm³/mol. The standard InChI is InChI=1S/C13H14N4S/c1-8-7-11(12(13(14)15)9(2)17-8)18-10-3-5-16-6-4-10/h3-7H,1-2H3,(H3,14,15). The minimum absolute atomic E-state index is 0.0524. The first kappa shape index (κ1) is 12.6. The van der Waals surface area contributed by atoms with Crippen molar-refractivity contribution < 1.29 is 0 Å². The van der Waals surface area contributed by atoms with Crippen molar-refractivity contribution in [3.8, 4) is 0 Å². The molecule has 2 aromatic heterocycles. The van der Waals surface area contributed by atoms with Crippen LogP contribution in [0, 0.1) is 19.3 Å². The minimum atomic E-state index is 0.0524. The summed E-state index contributed by atoms with van der Waals surface area (Å²) >= 11 is 1.57. The van der Waals surface area contributed by atoms with Crippen molar-refractivity contribution in [2.24, 2.45) is 5.73 Å². The molecule has 4 nitrogen and oxygen atoms in total. The fraction of sp³-hybridized carbons (Fsp3) is 0.154. The maximum atomic E-state index is 7.67. The van der Waals surface area contributed by atoms with Crippen LogP contribution in [-0.4, -0.2) is 15.8 Å². The average molecular weight is 258 g/mol. The van der Waals surface area contributed by atoms with E-state index in [1.165, 1.54) is 0 Å². The van der Waals surface area contributed by atoms with Crippen molar-refractivity contribution >= 4 is 17.6 Å². The molecule has 0 aromatic carbocycles. The monoisotopic (exact) mass is 258 g/mol. The summed E-state index contributed by atoms with van der Waals surface area (Å²) < 4.78 is 0. The van der Waals surface area contributed by atoms with E-state index in [9.17, 15) is 0 Å². The lowest BCUT2D eigenvalue weighted by Crippen LogP contribution is -2.15. The molecule has 0 atom stereocenters. The molecule has 0 radical (unpaired) electrons. The second-order valence-electron chi connectivity index (χ2n) is 3.92. The zero-order valence-corrected chi connectivity index (χ0v) is 11.1. The number of nitrogens with two attached hydrogens (primary N) is 1. The largest absolute Gasteiger partial charge is 0.384 e. The smallest absolute Gasteiger partial charge is 0.125 e. The molecule has 18 heavy (non-hydrogen) atoms. The number of aromatic nitrogens is 2. The third kappa shape index (κ3) is 2.68. The van der Waals surface area contributed by atoms with Crippen LogP contribution in [0.1, 0.15) is 17.0 Å². The van der Waals surface area contributed by atoms with Gasteiger partial charge >= 0.3 is 0 Å². The van der Waals surface area contributed by atoms with Gasteiger partial charge in [-0.2, -0.15) is 0 Å². The topological polar surface area (TPSA) is 75.7 Å². The summed E-state index contributed by atoms with van der Waals surface area (Å²) in [6, 6.07) is 5.81. The van der Waals surface area contributed by atoms with Crippen LogP contribution < -0.4 is 5.73 Å². The Bertz CT molecular complexity index is 581. The van der Waals surface area contributed by atoms with E-state index in [-0.39, 0.29) is 5.84 Å². The fourth-order valence-corrected chi connectivity index (χ4v) is 2.84. The van der Waals surface area contributed by atoms with Crippen molar-refractivity contribution in [3.63, 3.8) is 0 Å². The van der Waals surface area contributed by atoms with Gasteiger partial charge in [-0.05, 0) is 32.0 Å². The van der Waals surface area contributed by atoms with Crippen LogP contribution in [0.2, 0.25) is 0 Å². The fourth-order valence-electron chi connectivity index (χ4n) is 1.73. The Morgan fingerprint density at radius 2 is 1.94 bits per heavy atom. The molecule has 92 valence electrons. The van der Waals surface area contributed by atoms with Gasteiger partial charge < -0.3 is 5.73 Å². The third-order valence-corrected chi connectivity index (χ3v) is 3.49. The van der Waals surface area contributed by atoms with Crippen LogP contribution in [-0.2, 0) is 0 Å². The van der Waals surface area contributed by atoms with Crippen LogP contribution in [0.5, 0.6) is 0 Å². The van der Waals surface area contributed by atoms with Gasteiger partial charge in [0.15, 0.2) is 0 Å². The predicted octanol–water partition coefficient (Wildman–Crippen LogP) is 2.53. The molecule has 0 fully saturated rings. The van der Waals surface area contributed by atoms with Crippen molar-refractivity contribution in [1.29, 1.82) is 5.41 Å². The zero-order valence-electron chi connectivity index (χ0n) is 10.3. The number of pyridine rings is 2. The second-order valence-corrected chi connectivity index (χ2v) is 5.04. The number of hydrogen-bond donors (Lipinski definition) is 2. The van der Waals surface area contributed by atoms with E-state index in [2.05, 4.69) is 9.97 Å². The molecule has 0 spiro atoms. The van der Waals surface area contributed by atoms with E-state index in [4.69, 9.17) is 11.1 Å².